The quantitative estimate of drug-likeness (QED) is 0.640. The van der Waals surface area contributed by atoms with Gasteiger partial charge in [-0.05, 0) is 12.8 Å². The first kappa shape index (κ1) is 13.0. The largest absolute Gasteiger partial charge is 0.437 e. The van der Waals surface area contributed by atoms with Crippen molar-refractivity contribution in [3.63, 3.8) is 0 Å². The summed E-state index contributed by atoms with van der Waals surface area (Å²) >= 11 is 0. The molecule has 0 amide bonds. The SMILES string of the molecule is CCCCCc1nn(CCCCC)c(=O)o1. The third-order valence-corrected chi connectivity index (χ3v) is 2.62. The average molecular weight is 226 g/mol. The lowest BCUT2D eigenvalue weighted by molar-refractivity contribution is 0.435. The van der Waals surface area contributed by atoms with Crippen LogP contribution < -0.4 is 5.76 Å². The lowest BCUT2D eigenvalue weighted by Crippen LogP contribution is -2.15. The molecular formula is C12H22N2O2. The van der Waals surface area contributed by atoms with Crippen LogP contribution in [-0.2, 0) is 13.0 Å². The Bertz CT molecular complexity index is 341. The first-order valence-electron chi connectivity index (χ1n) is 6.34. The zero-order valence-electron chi connectivity index (χ0n) is 10.4. The Morgan fingerprint density at radius 2 is 1.81 bits per heavy atom. The van der Waals surface area contributed by atoms with Crippen LogP contribution in [0, 0.1) is 0 Å². The van der Waals surface area contributed by atoms with Gasteiger partial charge in [0.2, 0.25) is 5.89 Å². The van der Waals surface area contributed by atoms with Gasteiger partial charge in [0, 0.05) is 13.0 Å². The molecule has 0 unspecified atom stereocenters. The molecule has 0 aliphatic carbocycles. The highest BCUT2D eigenvalue weighted by Gasteiger charge is 2.06. The van der Waals surface area contributed by atoms with E-state index in [9.17, 15) is 4.79 Å². The third-order valence-electron chi connectivity index (χ3n) is 2.62. The minimum absolute atomic E-state index is 0.303. The fourth-order valence-electron chi connectivity index (χ4n) is 1.63. The van der Waals surface area contributed by atoms with Crippen LogP contribution in [0.25, 0.3) is 0 Å². The highest BCUT2D eigenvalue weighted by Crippen LogP contribution is 2.02. The van der Waals surface area contributed by atoms with Crippen LogP contribution in [0.1, 0.15) is 58.3 Å². The van der Waals surface area contributed by atoms with Crippen LogP contribution in [0.2, 0.25) is 0 Å². The van der Waals surface area contributed by atoms with E-state index in [1.165, 1.54) is 11.1 Å². The molecule has 1 aromatic rings. The summed E-state index contributed by atoms with van der Waals surface area (Å²) in [4.78, 5) is 11.4. The summed E-state index contributed by atoms with van der Waals surface area (Å²) in [6, 6.07) is 0. The zero-order chi connectivity index (χ0) is 11.8. The van der Waals surface area contributed by atoms with Gasteiger partial charge >= 0.3 is 5.76 Å². The van der Waals surface area contributed by atoms with E-state index >= 15 is 0 Å². The van der Waals surface area contributed by atoms with Crippen LogP contribution in [0.4, 0.5) is 0 Å². The van der Waals surface area contributed by atoms with Gasteiger partial charge in [-0.1, -0.05) is 39.5 Å². The van der Waals surface area contributed by atoms with E-state index in [1.54, 1.807) is 0 Å². The van der Waals surface area contributed by atoms with Crippen molar-refractivity contribution in [2.75, 3.05) is 0 Å². The molecule has 92 valence electrons. The van der Waals surface area contributed by atoms with Crippen LogP contribution in [0.5, 0.6) is 0 Å². The molecule has 0 fully saturated rings. The van der Waals surface area contributed by atoms with Crippen LogP contribution >= 0.6 is 0 Å². The normalized spacial score (nSPS) is 10.9. The van der Waals surface area contributed by atoms with Gasteiger partial charge in [-0.15, -0.1) is 5.10 Å². The topological polar surface area (TPSA) is 48.0 Å². The summed E-state index contributed by atoms with van der Waals surface area (Å²) in [5.74, 6) is 0.289. The van der Waals surface area contributed by atoms with E-state index in [1.807, 2.05) is 0 Å². The van der Waals surface area contributed by atoms with Gasteiger partial charge < -0.3 is 4.42 Å². The predicted molar refractivity (Wildman–Crippen MR) is 63.5 cm³/mol. The zero-order valence-corrected chi connectivity index (χ0v) is 10.4. The molecule has 0 aliphatic heterocycles. The first-order chi connectivity index (χ1) is 7.77. The number of unbranched alkanes of at least 4 members (excludes halogenated alkanes) is 4. The van der Waals surface area contributed by atoms with Crippen molar-refractivity contribution in [3.05, 3.63) is 16.4 Å². The van der Waals surface area contributed by atoms with Crippen LogP contribution in [0.3, 0.4) is 0 Å². The molecule has 0 aliphatic rings. The minimum atomic E-state index is -0.303. The predicted octanol–water partition coefficient (Wildman–Crippen LogP) is 2.76. The fraction of sp³-hybridized carbons (Fsp3) is 0.833. The summed E-state index contributed by atoms with van der Waals surface area (Å²) in [5.41, 5.74) is 0. The molecule has 0 bridgehead atoms. The highest BCUT2D eigenvalue weighted by molar-refractivity contribution is 4.75. The molecule has 0 atom stereocenters. The van der Waals surface area contributed by atoms with Crippen LogP contribution in [-0.4, -0.2) is 9.78 Å². The fourth-order valence-corrected chi connectivity index (χ4v) is 1.63. The smallest absolute Gasteiger partial charge is 0.392 e. The molecular weight excluding hydrogens is 204 g/mol. The lowest BCUT2D eigenvalue weighted by Gasteiger charge is -1.96. The van der Waals surface area contributed by atoms with E-state index in [0.717, 1.165) is 38.5 Å². The maximum absolute atomic E-state index is 11.4. The molecule has 1 rings (SSSR count). The lowest BCUT2D eigenvalue weighted by atomic mass is 10.2. The van der Waals surface area contributed by atoms with E-state index in [4.69, 9.17) is 4.42 Å². The molecule has 0 radical (unpaired) electrons. The van der Waals surface area contributed by atoms with E-state index in [-0.39, 0.29) is 5.76 Å². The monoisotopic (exact) mass is 226 g/mol. The second kappa shape index (κ2) is 7.25. The Kier molecular flexibility index (Phi) is 5.90. The Hall–Kier alpha value is -1.06. The maximum atomic E-state index is 11.4. The van der Waals surface area contributed by atoms with Crippen molar-refractivity contribution in [3.8, 4) is 0 Å². The number of hydrogen-bond acceptors (Lipinski definition) is 3. The standard InChI is InChI=1S/C12H22N2O2/c1-3-5-7-9-11-13-14(12(15)16-11)10-8-6-4-2/h3-10H2,1-2H3. The Morgan fingerprint density at radius 3 is 2.50 bits per heavy atom. The van der Waals surface area contributed by atoms with Gasteiger partial charge in [-0.25, -0.2) is 4.79 Å². The van der Waals surface area contributed by atoms with Gasteiger partial charge in [-0.2, -0.15) is 4.68 Å². The van der Waals surface area contributed by atoms with E-state index in [0.29, 0.717) is 12.4 Å². The van der Waals surface area contributed by atoms with Gasteiger partial charge in [0.1, 0.15) is 0 Å². The molecule has 16 heavy (non-hydrogen) atoms. The van der Waals surface area contributed by atoms with Gasteiger partial charge in [-0.3, -0.25) is 0 Å². The molecule has 0 aromatic carbocycles. The molecule has 1 heterocycles. The average Bonchev–Trinajstić information content (AvgIpc) is 2.61. The molecule has 0 saturated carbocycles. The molecule has 1 aromatic heterocycles. The Labute approximate surface area is 96.7 Å². The number of hydrogen-bond donors (Lipinski definition) is 0. The molecule has 4 heteroatoms. The number of rotatable bonds is 8. The Balaban J connectivity index is 2.43. The molecule has 0 spiro atoms. The molecule has 4 nitrogen and oxygen atoms in total. The molecule has 0 N–H and O–H groups in total. The highest BCUT2D eigenvalue weighted by atomic mass is 16.4. The number of aryl methyl sites for hydroxylation is 2. The summed E-state index contributed by atoms with van der Waals surface area (Å²) in [7, 11) is 0. The van der Waals surface area contributed by atoms with Gasteiger partial charge in [0.15, 0.2) is 0 Å². The third kappa shape index (κ3) is 4.21. The van der Waals surface area contributed by atoms with Crippen LogP contribution in [0.15, 0.2) is 9.21 Å². The number of aromatic nitrogens is 2. The van der Waals surface area contributed by atoms with Crippen molar-refractivity contribution in [1.82, 2.24) is 9.78 Å². The number of nitrogens with zero attached hydrogens (tertiary/aromatic N) is 2. The van der Waals surface area contributed by atoms with Crippen molar-refractivity contribution in [2.45, 2.75) is 65.3 Å². The van der Waals surface area contributed by atoms with Gasteiger partial charge in [0.05, 0.1) is 0 Å². The van der Waals surface area contributed by atoms with Crippen molar-refractivity contribution in [2.24, 2.45) is 0 Å². The Morgan fingerprint density at radius 1 is 1.12 bits per heavy atom. The van der Waals surface area contributed by atoms with Crippen molar-refractivity contribution >= 4 is 0 Å². The minimum Gasteiger partial charge on any atom is -0.392 e. The van der Waals surface area contributed by atoms with Crippen molar-refractivity contribution in [1.29, 1.82) is 0 Å². The van der Waals surface area contributed by atoms with Gasteiger partial charge in [0.25, 0.3) is 0 Å². The van der Waals surface area contributed by atoms with E-state index < -0.39 is 0 Å². The van der Waals surface area contributed by atoms with Crippen molar-refractivity contribution < 1.29 is 4.42 Å². The second-order valence-corrected chi connectivity index (χ2v) is 4.15. The second-order valence-electron chi connectivity index (χ2n) is 4.15. The summed E-state index contributed by atoms with van der Waals surface area (Å²) in [5, 5.41) is 4.19. The first-order valence-corrected chi connectivity index (χ1v) is 6.34. The summed E-state index contributed by atoms with van der Waals surface area (Å²) < 4.78 is 6.54. The summed E-state index contributed by atoms with van der Waals surface area (Å²) in [6.07, 6.45) is 7.43. The van der Waals surface area contributed by atoms with E-state index in [2.05, 4.69) is 18.9 Å². The summed E-state index contributed by atoms with van der Waals surface area (Å²) in [6.45, 7) is 4.98. The maximum Gasteiger partial charge on any atom is 0.437 e. The molecule has 0 saturated heterocycles.